The van der Waals surface area contributed by atoms with Crippen LogP contribution in [0.4, 0.5) is 0 Å². The fourth-order valence-corrected chi connectivity index (χ4v) is 4.07. The van der Waals surface area contributed by atoms with Crippen LogP contribution in [-0.2, 0) is 0 Å². The van der Waals surface area contributed by atoms with E-state index in [0.717, 1.165) is 0 Å². The molecule has 24 heteroatoms. The first-order valence-corrected chi connectivity index (χ1v) is 18.1. The second-order valence-corrected chi connectivity index (χ2v) is 11.7. The number of aromatic carboxylic acids is 7. The molecule has 0 unspecified atom stereocenters. The Morgan fingerprint density at radius 2 is 0.233 bits per heavy atom. The Bertz CT molecular complexity index is 1950. The summed E-state index contributed by atoms with van der Waals surface area (Å²) in [5.41, 5.74) is 2.32. The standard InChI is InChI=1S/7C7H6O2.10Na.10H/c7*8-7(9)6-4-2-1-3-5-6;;;;;;;;;;;;;;;;;;;;/h7*1-5H,(H,8,9);;;;;;;;;;;;;;;;;;;;. The van der Waals surface area contributed by atoms with Gasteiger partial charge in [0.15, 0.2) is 0 Å². The van der Waals surface area contributed by atoms with Gasteiger partial charge >= 0.3 is 337 Å². The number of hydrogen-bond donors (Lipinski definition) is 7. The fraction of sp³-hybridized carbons (Fsp3) is 0. The molecule has 342 valence electrons. The summed E-state index contributed by atoms with van der Waals surface area (Å²) in [5.74, 6) is -6.15. The van der Waals surface area contributed by atoms with E-state index in [1.807, 2.05) is 0 Å². The van der Waals surface area contributed by atoms with Gasteiger partial charge in [-0.25, -0.2) is 33.6 Å². The quantitative estimate of drug-likeness (QED) is 0.113. The van der Waals surface area contributed by atoms with Gasteiger partial charge in [0.25, 0.3) is 0 Å². The summed E-state index contributed by atoms with van der Waals surface area (Å²) < 4.78 is 0. The second-order valence-electron chi connectivity index (χ2n) is 11.7. The molecule has 14 nitrogen and oxygen atoms in total. The predicted octanol–water partition coefficient (Wildman–Crippen LogP) is 3.21. The number of carbonyl (C=O) groups is 7. The number of hydrogen-bond acceptors (Lipinski definition) is 7. The summed E-state index contributed by atoms with van der Waals surface area (Å²) in [6.07, 6.45) is 0. The van der Waals surface area contributed by atoms with Gasteiger partial charge in [-0.15, -0.1) is 0 Å². The van der Waals surface area contributed by atoms with Crippen LogP contribution in [0.5, 0.6) is 0 Å². The van der Waals surface area contributed by atoms with Crippen LogP contribution < -0.4 is 0 Å². The molecule has 0 aliphatic heterocycles. The van der Waals surface area contributed by atoms with Gasteiger partial charge in [-0.05, 0) is 84.9 Å². The number of benzene rings is 7. The van der Waals surface area contributed by atoms with Gasteiger partial charge in [0.2, 0.25) is 0 Å². The van der Waals surface area contributed by atoms with E-state index in [1.54, 1.807) is 212 Å². The molecule has 0 bridgehead atoms. The molecule has 0 saturated heterocycles. The summed E-state index contributed by atoms with van der Waals surface area (Å²) in [6, 6.07) is 58.1. The first-order valence-electron chi connectivity index (χ1n) is 18.1. The molecule has 7 rings (SSSR count). The molecular weight excluding hydrogens is 1040 g/mol. The molecular formula is C49H52Na10O14. The minimum atomic E-state index is -0.879. The normalized spacial score (nSPS) is 7.67. The molecule has 7 N–H and O–H groups in total. The first kappa shape index (κ1) is 96.1. The van der Waals surface area contributed by atoms with Crippen LogP contribution in [0.2, 0.25) is 0 Å². The molecule has 0 spiro atoms. The van der Waals surface area contributed by atoms with Crippen LogP contribution in [0.15, 0.2) is 212 Å². The van der Waals surface area contributed by atoms with Crippen LogP contribution in [-0.4, -0.2) is 373 Å². The molecule has 0 saturated carbocycles. The molecule has 0 aliphatic carbocycles. The van der Waals surface area contributed by atoms with E-state index >= 15 is 0 Å². The van der Waals surface area contributed by atoms with E-state index in [0.29, 0.717) is 38.9 Å². The van der Waals surface area contributed by atoms with Gasteiger partial charge in [0, 0.05) is 0 Å². The van der Waals surface area contributed by atoms with Crippen molar-refractivity contribution in [3.05, 3.63) is 251 Å². The number of carboxylic acids is 7. The van der Waals surface area contributed by atoms with Crippen molar-refractivity contribution >= 4 is 337 Å². The Kier molecular flexibility index (Phi) is 81.7. The molecule has 0 heterocycles. The fourth-order valence-electron chi connectivity index (χ4n) is 4.07. The van der Waals surface area contributed by atoms with E-state index in [1.165, 1.54) is 0 Å². The monoisotopic (exact) mass is 1090 g/mol. The summed E-state index contributed by atoms with van der Waals surface area (Å²) in [7, 11) is 0. The minimum absolute atomic E-state index is 0. The van der Waals surface area contributed by atoms with Gasteiger partial charge in [0.1, 0.15) is 0 Å². The molecule has 7 aromatic carbocycles. The van der Waals surface area contributed by atoms with Crippen molar-refractivity contribution < 1.29 is 69.3 Å². The van der Waals surface area contributed by atoms with Crippen molar-refractivity contribution in [3.63, 3.8) is 0 Å². The van der Waals surface area contributed by atoms with Crippen molar-refractivity contribution in [2.24, 2.45) is 0 Å². The first-order chi connectivity index (χ1) is 30.1. The van der Waals surface area contributed by atoms with Gasteiger partial charge in [0.05, 0.1) is 38.9 Å². The third-order valence-electron chi connectivity index (χ3n) is 7.15. The Hall–Kier alpha value is 0.830. The van der Waals surface area contributed by atoms with Crippen molar-refractivity contribution in [1.82, 2.24) is 0 Å². The molecule has 7 aromatic rings. The zero-order valence-corrected chi connectivity index (χ0v) is 33.2. The molecule has 0 aromatic heterocycles. The Morgan fingerprint density at radius 1 is 0.164 bits per heavy atom. The third-order valence-corrected chi connectivity index (χ3v) is 7.15. The topological polar surface area (TPSA) is 261 Å². The average molecular weight is 1090 g/mol. The molecule has 0 amide bonds. The third kappa shape index (κ3) is 50.8. The van der Waals surface area contributed by atoms with E-state index in [4.69, 9.17) is 35.7 Å². The molecule has 0 atom stereocenters. The molecule has 0 radical (unpaired) electrons. The summed E-state index contributed by atoms with van der Waals surface area (Å²) in [4.78, 5) is 71.4. The summed E-state index contributed by atoms with van der Waals surface area (Å²) in [6.45, 7) is 0. The van der Waals surface area contributed by atoms with E-state index in [2.05, 4.69) is 0 Å². The summed E-state index contributed by atoms with van der Waals surface area (Å²) in [5, 5.41) is 58.7. The zero-order valence-electron chi connectivity index (χ0n) is 33.2. The zero-order chi connectivity index (χ0) is 46.8. The average Bonchev–Trinajstić information content (AvgIpc) is 3.32. The van der Waals surface area contributed by atoms with Crippen LogP contribution in [0, 0.1) is 0 Å². The van der Waals surface area contributed by atoms with Crippen molar-refractivity contribution in [2.75, 3.05) is 0 Å². The maximum absolute atomic E-state index is 10.2. The SMILES string of the molecule is O=C(O)c1ccccc1.O=C(O)c1ccccc1.O=C(O)c1ccccc1.O=C(O)c1ccccc1.O=C(O)c1ccccc1.O=C(O)c1ccccc1.O=C(O)c1ccccc1.[NaH].[NaH].[NaH].[NaH].[NaH].[NaH].[NaH].[NaH].[NaH].[NaH]. The van der Waals surface area contributed by atoms with Crippen LogP contribution in [0.3, 0.4) is 0 Å². The van der Waals surface area contributed by atoms with Gasteiger partial charge in [-0.3, -0.25) is 0 Å². The Balaban J connectivity index is -0.0000000775. The van der Waals surface area contributed by atoms with Crippen LogP contribution in [0.25, 0.3) is 0 Å². The van der Waals surface area contributed by atoms with Crippen molar-refractivity contribution in [2.45, 2.75) is 0 Å². The Labute approximate surface area is 645 Å². The van der Waals surface area contributed by atoms with Crippen molar-refractivity contribution in [3.8, 4) is 0 Å². The van der Waals surface area contributed by atoms with Crippen molar-refractivity contribution in [1.29, 1.82) is 0 Å². The number of carboxylic acid groups (broad SMARTS) is 7. The second kappa shape index (κ2) is 62.0. The van der Waals surface area contributed by atoms with Gasteiger partial charge in [-0.1, -0.05) is 127 Å². The molecule has 0 fully saturated rings. The summed E-state index contributed by atoms with van der Waals surface area (Å²) >= 11 is 0. The molecule has 73 heavy (non-hydrogen) atoms. The Morgan fingerprint density at radius 3 is 0.274 bits per heavy atom. The molecule has 0 aliphatic rings. The number of rotatable bonds is 7. The van der Waals surface area contributed by atoms with E-state index in [9.17, 15) is 33.6 Å². The van der Waals surface area contributed by atoms with Gasteiger partial charge < -0.3 is 35.7 Å². The predicted molar refractivity (Wildman–Crippen MR) is 305 cm³/mol. The van der Waals surface area contributed by atoms with Crippen LogP contribution >= 0.6 is 0 Å². The van der Waals surface area contributed by atoms with Crippen LogP contribution in [0.1, 0.15) is 72.5 Å². The van der Waals surface area contributed by atoms with Gasteiger partial charge in [-0.2, -0.15) is 0 Å². The van der Waals surface area contributed by atoms with E-state index in [-0.39, 0.29) is 296 Å². The van der Waals surface area contributed by atoms with E-state index < -0.39 is 41.8 Å². The maximum atomic E-state index is 10.2.